The van der Waals surface area contributed by atoms with Crippen LogP contribution in [-0.4, -0.2) is 31.6 Å². The molecule has 0 saturated carbocycles. The number of ether oxygens (including phenoxy) is 2. The molecule has 0 fully saturated rings. The molecular weight excluding hydrogens is 386 g/mol. The summed E-state index contributed by atoms with van der Waals surface area (Å²) in [6.45, 7) is 0.589. The molecule has 4 nitrogen and oxygen atoms in total. The Balaban J connectivity index is 1.88. The van der Waals surface area contributed by atoms with Crippen molar-refractivity contribution in [3.63, 3.8) is 0 Å². The second kappa shape index (κ2) is 8.18. The van der Waals surface area contributed by atoms with Gasteiger partial charge >= 0.3 is 0 Å². The zero-order valence-electron chi connectivity index (χ0n) is 16.4. The van der Waals surface area contributed by atoms with Crippen molar-refractivity contribution in [1.82, 2.24) is 4.90 Å². The molecule has 0 unspecified atom stereocenters. The van der Waals surface area contributed by atoms with E-state index in [4.69, 9.17) is 21.1 Å². The summed E-state index contributed by atoms with van der Waals surface area (Å²) in [5, 5.41) is 0.631. The van der Waals surface area contributed by atoms with Gasteiger partial charge in [0.25, 0.3) is 5.91 Å². The van der Waals surface area contributed by atoms with Crippen molar-refractivity contribution in [3.8, 4) is 11.5 Å². The van der Waals surface area contributed by atoms with E-state index in [9.17, 15) is 4.79 Å². The molecule has 29 heavy (non-hydrogen) atoms. The summed E-state index contributed by atoms with van der Waals surface area (Å²) in [6.07, 6.45) is 0.731. The van der Waals surface area contributed by atoms with Crippen molar-refractivity contribution in [2.24, 2.45) is 0 Å². The first-order valence-corrected chi connectivity index (χ1v) is 9.87. The quantitative estimate of drug-likeness (QED) is 0.600. The van der Waals surface area contributed by atoms with Crippen LogP contribution >= 0.6 is 11.6 Å². The normalized spacial score (nSPS) is 15.6. The summed E-state index contributed by atoms with van der Waals surface area (Å²) in [7, 11) is 3.24. The van der Waals surface area contributed by atoms with Gasteiger partial charge in [0.1, 0.15) is 0 Å². The number of hydrogen-bond acceptors (Lipinski definition) is 3. The average molecular weight is 408 g/mol. The fourth-order valence-corrected chi connectivity index (χ4v) is 4.18. The van der Waals surface area contributed by atoms with Crippen molar-refractivity contribution in [1.29, 1.82) is 0 Å². The predicted molar refractivity (Wildman–Crippen MR) is 114 cm³/mol. The van der Waals surface area contributed by atoms with Gasteiger partial charge < -0.3 is 14.4 Å². The Hall–Kier alpha value is -2.98. The molecule has 1 aliphatic rings. The molecule has 1 heterocycles. The Bertz CT molecular complexity index is 1040. The number of hydrogen-bond donors (Lipinski definition) is 0. The third-order valence-electron chi connectivity index (χ3n) is 5.36. The van der Waals surface area contributed by atoms with E-state index in [0.29, 0.717) is 28.6 Å². The van der Waals surface area contributed by atoms with Crippen LogP contribution in [-0.2, 0) is 6.42 Å². The smallest absolute Gasteiger partial charge is 0.254 e. The van der Waals surface area contributed by atoms with Gasteiger partial charge in [-0.05, 0) is 53.4 Å². The standard InChI is InChI=1S/C24H22ClNO3/c1-28-21-14-17-12-13-26(24(27)16-8-4-3-5-9-16)23(19(17)15-22(21)29-2)18-10-6-7-11-20(18)25/h3-11,14-15,23H,12-13H2,1-2H3/t23-/m1/s1. The summed E-state index contributed by atoms with van der Waals surface area (Å²) < 4.78 is 11.0. The van der Waals surface area contributed by atoms with Crippen LogP contribution in [0.2, 0.25) is 5.02 Å². The maximum Gasteiger partial charge on any atom is 0.254 e. The molecule has 0 radical (unpaired) electrons. The van der Waals surface area contributed by atoms with Crippen LogP contribution in [0.25, 0.3) is 0 Å². The lowest BCUT2D eigenvalue weighted by molar-refractivity contribution is 0.0694. The van der Waals surface area contributed by atoms with Crippen LogP contribution in [0.4, 0.5) is 0 Å². The third kappa shape index (κ3) is 3.56. The van der Waals surface area contributed by atoms with Crippen LogP contribution < -0.4 is 9.47 Å². The van der Waals surface area contributed by atoms with Crippen molar-refractivity contribution in [2.75, 3.05) is 20.8 Å². The highest BCUT2D eigenvalue weighted by molar-refractivity contribution is 6.31. The highest BCUT2D eigenvalue weighted by Gasteiger charge is 2.34. The minimum absolute atomic E-state index is 0.0176. The van der Waals surface area contributed by atoms with Gasteiger partial charge in [0.2, 0.25) is 0 Å². The first-order chi connectivity index (χ1) is 14.1. The number of nitrogens with zero attached hydrogens (tertiary/aromatic N) is 1. The lowest BCUT2D eigenvalue weighted by atomic mass is 9.87. The fourth-order valence-electron chi connectivity index (χ4n) is 3.94. The highest BCUT2D eigenvalue weighted by atomic mass is 35.5. The molecule has 3 aromatic rings. The van der Waals surface area contributed by atoms with E-state index in [1.807, 2.05) is 71.6 Å². The molecular formula is C24H22ClNO3. The molecule has 1 amide bonds. The second-order valence-electron chi connectivity index (χ2n) is 6.94. The van der Waals surface area contributed by atoms with Gasteiger partial charge in [0.05, 0.1) is 20.3 Å². The van der Waals surface area contributed by atoms with Gasteiger partial charge in [0.15, 0.2) is 11.5 Å². The van der Waals surface area contributed by atoms with E-state index in [1.54, 1.807) is 14.2 Å². The number of carbonyl (C=O) groups excluding carboxylic acids is 1. The van der Waals surface area contributed by atoms with Crippen LogP contribution in [0.15, 0.2) is 66.7 Å². The van der Waals surface area contributed by atoms with E-state index in [2.05, 4.69) is 0 Å². The van der Waals surface area contributed by atoms with Crippen molar-refractivity contribution < 1.29 is 14.3 Å². The van der Waals surface area contributed by atoms with Crippen molar-refractivity contribution in [3.05, 3.63) is 94.0 Å². The van der Waals surface area contributed by atoms with Crippen molar-refractivity contribution in [2.45, 2.75) is 12.5 Å². The molecule has 1 atom stereocenters. The molecule has 0 spiro atoms. The van der Waals surface area contributed by atoms with E-state index in [0.717, 1.165) is 23.1 Å². The van der Waals surface area contributed by atoms with Crippen molar-refractivity contribution >= 4 is 17.5 Å². The summed E-state index contributed by atoms with van der Waals surface area (Å²) in [6, 6.07) is 20.7. The molecule has 0 aromatic heterocycles. The molecule has 5 heteroatoms. The summed E-state index contributed by atoms with van der Waals surface area (Å²) >= 11 is 6.58. The number of fused-ring (bicyclic) bond motifs is 1. The Morgan fingerprint density at radius 2 is 1.59 bits per heavy atom. The average Bonchev–Trinajstić information content (AvgIpc) is 2.78. The Morgan fingerprint density at radius 1 is 0.931 bits per heavy atom. The zero-order valence-corrected chi connectivity index (χ0v) is 17.1. The van der Waals surface area contributed by atoms with Gasteiger partial charge in [-0.2, -0.15) is 0 Å². The molecule has 0 bridgehead atoms. The first-order valence-electron chi connectivity index (χ1n) is 9.49. The van der Waals surface area contributed by atoms with E-state index in [-0.39, 0.29) is 11.9 Å². The second-order valence-corrected chi connectivity index (χ2v) is 7.35. The molecule has 0 N–H and O–H groups in total. The SMILES string of the molecule is COc1cc2c(cc1OC)[C@@H](c1ccccc1Cl)N(C(=O)c1ccccc1)CC2. The summed E-state index contributed by atoms with van der Waals surface area (Å²) in [5.41, 5.74) is 3.69. The molecule has 4 rings (SSSR count). The van der Waals surface area contributed by atoms with E-state index >= 15 is 0 Å². The predicted octanol–water partition coefficient (Wildman–Crippen LogP) is 5.15. The highest BCUT2D eigenvalue weighted by Crippen LogP contribution is 2.43. The third-order valence-corrected chi connectivity index (χ3v) is 5.70. The number of carbonyl (C=O) groups is 1. The van der Waals surface area contributed by atoms with Gasteiger partial charge in [-0.15, -0.1) is 0 Å². The number of methoxy groups -OCH3 is 2. The lowest BCUT2D eigenvalue weighted by Crippen LogP contribution is -2.40. The largest absolute Gasteiger partial charge is 0.493 e. The first kappa shape index (κ1) is 19.3. The molecule has 3 aromatic carbocycles. The topological polar surface area (TPSA) is 38.8 Å². The van der Waals surface area contributed by atoms with Crippen LogP contribution in [0.3, 0.4) is 0 Å². The molecule has 0 aliphatic carbocycles. The minimum Gasteiger partial charge on any atom is -0.493 e. The number of halogens is 1. The van der Waals surface area contributed by atoms with E-state index < -0.39 is 0 Å². The van der Waals surface area contributed by atoms with Crippen LogP contribution in [0.5, 0.6) is 11.5 Å². The molecule has 148 valence electrons. The van der Waals surface area contributed by atoms with Gasteiger partial charge in [0, 0.05) is 17.1 Å². The number of amides is 1. The van der Waals surface area contributed by atoms with Gasteiger partial charge in [-0.25, -0.2) is 0 Å². The minimum atomic E-state index is -0.306. The summed E-state index contributed by atoms with van der Waals surface area (Å²) in [4.78, 5) is 15.3. The Labute approximate surface area is 175 Å². The van der Waals surface area contributed by atoms with Crippen LogP contribution in [0, 0.1) is 0 Å². The Morgan fingerprint density at radius 3 is 2.28 bits per heavy atom. The van der Waals surface area contributed by atoms with Gasteiger partial charge in [-0.1, -0.05) is 48.0 Å². The lowest BCUT2D eigenvalue weighted by Gasteiger charge is -2.38. The van der Waals surface area contributed by atoms with Gasteiger partial charge in [-0.3, -0.25) is 4.79 Å². The maximum absolute atomic E-state index is 13.4. The molecule has 1 aliphatic heterocycles. The van der Waals surface area contributed by atoms with Crippen LogP contribution in [0.1, 0.15) is 33.1 Å². The fraction of sp³-hybridized carbons (Fsp3) is 0.208. The number of rotatable bonds is 4. The monoisotopic (exact) mass is 407 g/mol. The summed E-state index contributed by atoms with van der Waals surface area (Å²) in [5.74, 6) is 1.31. The van der Waals surface area contributed by atoms with E-state index in [1.165, 1.54) is 0 Å². The Kier molecular flexibility index (Phi) is 5.45. The molecule has 0 saturated heterocycles. The number of benzene rings is 3. The maximum atomic E-state index is 13.4. The zero-order chi connectivity index (χ0) is 20.4.